The van der Waals surface area contributed by atoms with E-state index in [2.05, 4.69) is 13.8 Å². The zero-order valence-electron chi connectivity index (χ0n) is 11.9. The van der Waals surface area contributed by atoms with Gasteiger partial charge in [-0.05, 0) is 18.8 Å². The molecule has 0 saturated carbocycles. The van der Waals surface area contributed by atoms with Crippen molar-refractivity contribution in [3.8, 4) is 0 Å². The molecule has 1 saturated heterocycles. The van der Waals surface area contributed by atoms with E-state index in [1.54, 1.807) is 4.90 Å². The summed E-state index contributed by atoms with van der Waals surface area (Å²) in [7, 11) is 0. The number of hydrogen-bond acceptors (Lipinski definition) is 2. The molecule has 0 aromatic carbocycles. The van der Waals surface area contributed by atoms with Crippen LogP contribution >= 0.6 is 0 Å². The van der Waals surface area contributed by atoms with Crippen molar-refractivity contribution in [2.24, 2.45) is 5.92 Å². The van der Waals surface area contributed by atoms with Gasteiger partial charge in [0.2, 0.25) is 11.8 Å². The fourth-order valence-corrected chi connectivity index (χ4v) is 2.33. The van der Waals surface area contributed by atoms with Gasteiger partial charge in [-0.1, -0.05) is 26.7 Å². The minimum absolute atomic E-state index is 0.00753. The highest BCUT2D eigenvalue weighted by atomic mass is 16.2. The predicted octanol–water partition coefficient (Wildman–Crippen LogP) is 1.89. The molecule has 0 radical (unpaired) electrons. The van der Waals surface area contributed by atoms with E-state index >= 15 is 0 Å². The molecular formula is C14H26N2O2. The van der Waals surface area contributed by atoms with E-state index < -0.39 is 0 Å². The summed E-state index contributed by atoms with van der Waals surface area (Å²) in [4.78, 5) is 27.3. The number of rotatable bonds is 4. The molecule has 1 aliphatic rings. The van der Waals surface area contributed by atoms with Crippen molar-refractivity contribution in [3.05, 3.63) is 0 Å². The largest absolute Gasteiger partial charge is 0.341 e. The molecular weight excluding hydrogens is 228 g/mol. The maximum absolute atomic E-state index is 12.2. The van der Waals surface area contributed by atoms with Crippen LogP contribution in [0, 0.1) is 5.92 Å². The first-order valence-electron chi connectivity index (χ1n) is 7.04. The van der Waals surface area contributed by atoms with Crippen LogP contribution in [-0.2, 0) is 9.59 Å². The standard InChI is InChI=1S/C14H26N2O2/c1-12(2)10-16(13(3)17)11-14(18)15-8-6-4-5-7-9-15/h12H,4-11H2,1-3H3. The molecule has 0 aromatic heterocycles. The zero-order valence-corrected chi connectivity index (χ0v) is 11.9. The van der Waals surface area contributed by atoms with E-state index in [0.29, 0.717) is 12.5 Å². The van der Waals surface area contributed by atoms with Gasteiger partial charge in [-0.15, -0.1) is 0 Å². The van der Waals surface area contributed by atoms with Gasteiger partial charge < -0.3 is 9.80 Å². The Bertz CT molecular complexity index is 282. The second-order valence-corrected chi connectivity index (χ2v) is 5.59. The number of likely N-dealkylation sites (tertiary alicyclic amines) is 1. The summed E-state index contributed by atoms with van der Waals surface area (Å²) in [5.74, 6) is 0.491. The Balaban J connectivity index is 2.51. The summed E-state index contributed by atoms with van der Waals surface area (Å²) in [6, 6.07) is 0. The average molecular weight is 254 g/mol. The van der Waals surface area contributed by atoms with Crippen molar-refractivity contribution >= 4 is 11.8 Å². The molecule has 2 amide bonds. The maximum Gasteiger partial charge on any atom is 0.242 e. The maximum atomic E-state index is 12.2. The van der Waals surface area contributed by atoms with Gasteiger partial charge >= 0.3 is 0 Å². The summed E-state index contributed by atoms with van der Waals surface area (Å²) < 4.78 is 0. The van der Waals surface area contributed by atoms with Gasteiger partial charge in [0.05, 0.1) is 6.54 Å². The Hall–Kier alpha value is -1.06. The zero-order chi connectivity index (χ0) is 13.5. The van der Waals surface area contributed by atoms with Crippen molar-refractivity contribution in [2.75, 3.05) is 26.2 Å². The predicted molar refractivity (Wildman–Crippen MR) is 72.1 cm³/mol. The lowest BCUT2D eigenvalue weighted by atomic mass is 10.2. The first-order chi connectivity index (χ1) is 8.50. The van der Waals surface area contributed by atoms with Gasteiger partial charge in [-0.3, -0.25) is 9.59 Å². The van der Waals surface area contributed by atoms with Crippen molar-refractivity contribution < 1.29 is 9.59 Å². The highest BCUT2D eigenvalue weighted by Crippen LogP contribution is 2.10. The van der Waals surface area contributed by atoms with E-state index in [1.165, 1.54) is 19.8 Å². The molecule has 0 atom stereocenters. The molecule has 1 rings (SSSR count). The molecule has 0 N–H and O–H groups in total. The van der Waals surface area contributed by atoms with Gasteiger partial charge in [0.15, 0.2) is 0 Å². The molecule has 1 fully saturated rings. The van der Waals surface area contributed by atoms with E-state index in [1.807, 2.05) is 4.90 Å². The number of carbonyl (C=O) groups excluding carboxylic acids is 2. The van der Waals surface area contributed by atoms with Crippen LogP contribution in [0.5, 0.6) is 0 Å². The van der Waals surface area contributed by atoms with Crippen LogP contribution in [0.25, 0.3) is 0 Å². The topological polar surface area (TPSA) is 40.6 Å². The Morgan fingerprint density at radius 2 is 1.67 bits per heavy atom. The molecule has 1 heterocycles. The fourth-order valence-electron chi connectivity index (χ4n) is 2.33. The molecule has 0 spiro atoms. The number of amides is 2. The fraction of sp³-hybridized carbons (Fsp3) is 0.857. The van der Waals surface area contributed by atoms with Crippen LogP contribution in [0.15, 0.2) is 0 Å². The Morgan fingerprint density at radius 3 is 2.11 bits per heavy atom. The van der Waals surface area contributed by atoms with Crippen LogP contribution in [0.1, 0.15) is 46.5 Å². The third-order valence-electron chi connectivity index (χ3n) is 3.32. The molecule has 104 valence electrons. The molecule has 1 aliphatic heterocycles. The lowest BCUT2D eigenvalue weighted by Crippen LogP contribution is -2.43. The number of carbonyl (C=O) groups is 2. The van der Waals surface area contributed by atoms with Gasteiger partial charge in [-0.25, -0.2) is 0 Å². The Kier molecular flexibility index (Phi) is 6.16. The van der Waals surface area contributed by atoms with Crippen molar-refractivity contribution in [1.29, 1.82) is 0 Å². The minimum Gasteiger partial charge on any atom is -0.341 e. The molecule has 0 bridgehead atoms. The lowest BCUT2D eigenvalue weighted by molar-refractivity contribution is -0.139. The third kappa shape index (κ3) is 5.07. The summed E-state index contributed by atoms with van der Waals surface area (Å²) in [5, 5.41) is 0. The van der Waals surface area contributed by atoms with Crippen LogP contribution in [-0.4, -0.2) is 47.8 Å². The smallest absolute Gasteiger partial charge is 0.242 e. The van der Waals surface area contributed by atoms with Crippen LogP contribution in [0.4, 0.5) is 0 Å². The van der Waals surface area contributed by atoms with Gasteiger partial charge in [-0.2, -0.15) is 0 Å². The van der Waals surface area contributed by atoms with Gasteiger partial charge in [0.25, 0.3) is 0 Å². The summed E-state index contributed by atoms with van der Waals surface area (Å²) in [6.07, 6.45) is 4.62. The first-order valence-corrected chi connectivity index (χ1v) is 7.04. The second kappa shape index (κ2) is 7.39. The highest BCUT2D eigenvalue weighted by molar-refractivity contribution is 5.83. The van der Waals surface area contributed by atoms with Crippen LogP contribution < -0.4 is 0 Å². The molecule has 4 heteroatoms. The molecule has 18 heavy (non-hydrogen) atoms. The first kappa shape index (κ1) is 15.0. The van der Waals surface area contributed by atoms with E-state index in [4.69, 9.17) is 0 Å². The van der Waals surface area contributed by atoms with Crippen molar-refractivity contribution in [2.45, 2.75) is 46.5 Å². The number of nitrogens with zero attached hydrogens (tertiary/aromatic N) is 2. The van der Waals surface area contributed by atoms with E-state index in [9.17, 15) is 9.59 Å². The highest BCUT2D eigenvalue weighted by Gasteiger charge is 2.20. The van der Waals surface area contributed by atoms with Crippen LogP contribution in [0.2, 0.25) is 0 Å². The summed E-state index contributed by atoms with van der Waals surface area (Å²) in [6.45, 7) is 8.28. The molecule has 0 aliphatic carbocycles. The quantitative estimate of drug-likeness (QED) is 0.768. The van der Waals surface area contributed by atoms with Crippen molar-refractivity contribution in [1.82, 2.24) is 9.80 Å². The normalized spacial score (nSPS) is 16.6. The molecule has 4 nitrogen and oxygen atoms in total. The molecule has 0 unspecified atom stereocenters. The van der Waals surface area contributed by atoms with E-state index in [0.717, 1.165) is 25.9 Å². The molecule has 0 aromatic rings. The van der Waals surface area contributed by atoms with Crippen molar-refractivity contribution in [3.63, 3.8) is 0 Å². The van der Waals surface area contributed by atoms with E-state index in [-0.39, 0.29) is 18.4 Å². The lowest BCUT2D eigenvalue weighted by Gasteiger charge is -2.27. The minimum atomic E-state index is -0.00753. The summed E-state index contributed by atoms with van der Waals surface area (Å²) >= 11 is 0. The van der Waals surface area contributed by atoms with Crippen LogP contribution in [0.3, 0.4) is 0 Å². The van der Waals surface area contributed by atoms with Gasteiger partial charge in [0, 0.05) is 26.6 Å². The Labute approximate surface area is 110 Å². The monoisotopic (exact) mass is 254 g/mol. The third-order valence-corrected chi connectivity index (χ3v) is 3.32. The average Bonchev–Trinajstić information content (AvgIpc) is 2.55. The SMILES string of the molecule is CC(=O)N(CC(=O)N1CCCCCC1)CC(C)C. The van der Waals surface area contributed by atoms with Gasteiger partial charge in [0.1, 0.15) is 0 Å². The Morgan fingerprint density at radius 1 is 1.11 bits per heavy atom. The second-order valence-electron chi connectivity index (χ2n) is 5.59. The number of hydrogen-bond donors (Lipinski definition) is 0. The summed E-state index contributed by atoms with van der Waals surface area (Å²) in [5.41, 5.74) is 0.